The quantitative estimate of drug-likeness (QED) is 0.772. The average molecular weight is 254 g/mol. The monoisotopic (exact) mass is 254 g/mol. The van der Waals surface area contributed by atoms with Gasteiger partial charge in [0.2, 0.25) is 11.0 Å². The molecule has 0 radical (unpaired) electrons. The number of aryl methyl sites for hydroxylation is 1. The smallest absolute Gasteiger partial charge is 0.239 e. The minimum Gasteiger partial charge on any atom is -0.354 e. The number of nitrogens with one attached hydrogen (secondary N) is 2. The Balaban J connectivity index is 1.66. The van der Waals surface area contributed by atoms with Crippen LogP contribution in [0.1, 0.15) is 31.2 Å². The molecule has 2 N–H and O–H groups in total. The SMILES string of the molecule is CCCc1nnc(NCC(=O)NCC2CC2)s1. The molecule has 0 atom stereocenters. The largest absolute Gasteiger partial charge is 0.354 e. The van der Waals surface area contributed by atoms with E-state index in [2.05, 4.69) is 27.8 Å². The zero-order valence-corrected chi connectivity index (χ0v) is 10.8. The Bertz CT molecular complexity index is 375. The average Bonchev–Trinajstić information content (AvgIpc) is 3.05. The number of rotatable bonds is 7. The molecule has 5 nitrogen and oxygen atoms in total. The van der Waals surface area contributed by atoms with Gasteiger partial charge in [-0.05, 0) is 25.2 Å². The molecule has 1 aromatic heterocycles. The highest BCUT2D eigenvalue weighted by atomic mass is 32.1. The second-order valence-corrected chi connectivity index (χ2v) is 5.41. The van der Waals surface area contributed by atoms with Crippen molar-refractivity contribution < 1.29 is 4.79 Å². The van der Waals surface area contributed by atoms with Crippen molar-refractivity contribution in [2.24, 2.45) is 5.92 Å². The first-order valence-electron chi connectivity index (χ1n) is 6.11. The van der Waals surface area contributed by atoms with Gasteiger partial charge in [0.25, 0.3) is 0 Å². The summed E-state index contributed by atoms with van der Waals surface area (Å²) in [5.74, 6) is 0.751. The molecule has 1 aliphatic rings. The maximum absolute atomic E-state index is 11.5. The van der Waals surface area contributed by atoms with Gasteiger partial charge in [-0.3, -0.25) is 4.79 Å². The summed E-state index contributed by atoms with van der Waals surface area (Å²) >= 11 is 1.52. The Kier molecular flexibility index (Phi) is 4.30. The molecule has 1 amide bonds. The number of hydrogen-bond acceptors (Lipinski definition) is 5. The highest BCUT2D eigenvalue weighted by Crippen LogP contribution is 2.27. The zero-order chi connectivity index (χ0) is 12.1. The molecule has 1 fully saturated rings. The van der Waals surface area contributed by atoms with Crippen molar-refractivity contribution in [3.63, 3.8) is 0 Å². The molecule has 1 aromatic rings. The third-order valence-corrected chi connectivity index (χ3v) is 3.56. The fraction of sp³-hybridized carbons (Fsp3) is 0.727. The summed E-state index contributed by atoms with van der Waals surface area (Å²) in [7, 11) is 0. The minimum atomic E-state index is 0.0316. The molecule has 1 saturated carbocycles. The van der Waals surface area contributed by atoms with E-state index in [1.807, 2.05) is 0 Å². The van der Waals surface area contributed by atoms with Gasteiger partial charge in [0, 0.05) is 13.0 Å². The van der Waals surface area contributed by atoms with E-state index in [0.717, 1.165) is 35.4 Å². The van der Waals surface area contributed by atoms with Crippen LogP contribution >= 0.6 is 11.3 Å². The summed E-state index contributed by atoms with van der Waals surface area (Å²) in [6.07, 6.45) is 4.53. The van der Waals surface area contributed by atoms with Crippen LogP contribution in [0.4, 0.5) is 5.13 Å². The van der Waals surface area contributed by atoms with Crippen LogP contribution in [0.2, 0.25) is 0 Å². The third kappa shape index (κ3) is 4.30. The Morgan fingerprint density at radius 1 is 1.47 bits per heavy atom. The van der Waals surface area contributed by atoms with E-state index in [1.165, 1.54) is 24.2 Å². The van der Waals surface area contributed by atoms with Crippen molar-refractivity contribution in [2.45, 2.75) is 32.6 Å². The Labute approximate surface area is 105 Å². The van der Waals surface area contributed by atoms with Gasteiger partial charge in [-0.15, -0.1) is 10.2 Å². The van der Waals surface area contributed by atoms with E-state index in [1.54, 1.807) is 0 Å². The summed E-state index contributed by atoms with van der Waals surface area (Å²) in [4.78, 5) is 11.5. The summed E-state index contributed by atoms with van der Waals surface area (Å²) in [6, 6.07) is 0. The van der Waals surface area contributed by atoms with Crippen LogP contribution in [0.5, 0.6) is 0 Å². The van der Waals surface area contributed by atoms with Crippen LogP contribution in [0.15, 0.2) is 0 Å². The molecule has 0 bridgehead atoms. The van der Waals surface area contributed by atoms with Crippen molar-refractivity contribution in [2.75, 3.05) is 18.4 Å². The molecule has 6 heteroatoms. The second kappa shape index (κ2) is 5.95. The van der Waals surface area contributed by atoms with Gasteiger partial charge < -0.3 is 10.6 Å². The first-order valence-corrected chi connectivity index (χ1v) is 6.92. The van der Waals surface area contributed by atoms with E-state index in [9.17, 15) is 4.79 Å². The lowest BCUT2D eigenvalue weighted by atomic mass is 10.4. The lowest BCUT2D eigenvalue weighted by Gasteiger charge is -2.03. The lowest BCUT2D eigenvalue weighted by molar-refractivity contribution is -0.119. The van der Waals surface area contributed by atoms with Gasteiger partial charge in [0.05, 0.1) is 6.54 Å². The normalized spacial score (nSPS) is 14.6. The van der Waals surface area contributed by atoms with E-state index in [-0.39, 0.29) is 12.5 Å². The molecular weight excluding hydrogens is 236 g/mol. The van der Waals surface area contributed by atoms with E-state index < -0.39 is 0 Å². The van der Waals surface area contributed by atoms with Gasteiger partial charge >= 0.3 is 0 Å². The number of carbonyl (C=O) groups is 1. The van der Waals surface area contributed by atoms with E-state index in [0.29, 0.717) is 0 Å². The summed E-state index contributed by atoms with van der Waals surface area (Å²) < 4.78 is 0. The minimum absolute atomic E-state index is 0.0316. The van der Waals surface area contributed by atoms with Gasteiger partial charge in [-0.2, -0.15) is 0 Å². The molecule has 0 saturated heterocycles. The number of anilines is 1. The highest BCUT2D eigenvalue weighted by Gasteiger charge is 2.21. The highest BCUT2D eigenvalue weighted by molar-refractivity contribution is 7.15. The summed E-state index contributed by atoms with van der Waals surface area (Å²) in [5.41, 5.74) is 0. The molecule has 0 spiro atoms. The standard InChI is InChI=1S/C11H18N4OS/c1-2-3-10-14-15-11(17-10)13-7-9(16)12-6-8-4-5-8/h8H,2-7H2,1H3,(H,12,16)(H,13,15). The number of nitrogens with zero attached hydrogens (tertiary/aromatic N) is 2. The number of aromatic nitrogens is 2. The number of carbonyl (C=O) groups excluding carboxylic acids is 1. The van der Waals surface area contributed by atoms with Crippen molar-refractivity contribution in [1.82, 2.24) is 15.5 Å². The lowest BCUT2D eigenvalue weighted by Crippen LogP contribution is -2.31. The third-order valence-electron chi connectivity index (χ3n) is 2.62. The zero-order valence-electron chi connectivity index (χ0n) is 10.0. The molecule has 94 valence electrons. The van der Waals surface area contributed by atoms with Gasteiger partial charge in [0.15, 0.2) is 0 Å². The van der Waals surface area contributed by atoms with Crippen molar-refractivity contribution in [1.29, 1.82) is 0 Å². The fourth-order valence-electron chi connectivity index (χ4n) is 1.44. The molecular formula is C11H18N4OS. The van der Waals surface area contributed by atoms with Crippen LogP contribution in [-0.4, -0.2) is 29.2 Å². The van der Waals surface area contributed by atoms with Crippen LogP contribution in [0.3, 0.4) is 0 Å². The molecule has 1 aliphatic carbocycles. The van der Waals surface area contributed by atoms with E-state index >= 15 is 0 Å². The topological polar surface area (TPSA) is 66.9 Å². The maximum atomic E-state index is 11.5. The number of hydrogen-bond donors (Lipinski definition) is 2. The van der Waals surface area contributed by atoms with Crippen molar-refractivity contribution in [3.8, 4) is 0 Å². The molecule has 2 rings (SSSR count). The Morgan fingerprint density at radius 2 is 2.29 bits per heavy atom. The van der Waals surface area contributed by atoms with Gasteiger partial charge in [0.1, 0.15) is 5.01 Å². The molecule has 0 aromatic carbocycles. The van der Waals surface area contributed by atoms with Crippen molar-refractivity contribution in [3.05, 3.63) is 5.01 Å². The summed E-state index contributed by atoms with van der Waals surface area (Å²) in [6.45, 7) is 3.21. The predicted octanol–water partition coefficient (Wildman–Crippen LogP) is 1.43. The molecule has 1 heterocycles. The van der Waals surface area contributed by atoms with Gasteiger partial charge in [-0.1, -0.05) is 18.3 Å². The van der Waals surface area contributed by atoms with Crippen molar-refractivity contribution >= 4 is 22.4 Å². The van der Waals surface area contributed by atoms with Crippen LogP contribution in [0.25, 0.3) is 0 Å². The molecule has 0 aliphatic heterocycles. The second-order valence-electron chi connectivity index (χ2n) is 4.35. The van der Waals surface area contributed by atoms with Crippen LogP contribution < -0.4 is 10.6 Å². The first kappa shape index (κ1) is 12.3. The summed E-state index contributed by atoms with van der Waals surface area (Å²) in [5, 5.41) is 15.7. The van der Waals surface area contributed by atoms with E-state index in [4.69, 9.17) is 0 Å². The van der Waals surface area contributed by atoms with Crippen LogP contribution in [-0.2, 0) is 11.2 Å². The Hall–Kier alpha value is -1.17. The fourth-order valence-corrected chi connectivity index (χ4v) is 2.28. The maximum Gasteiger partial charge on any atom is 0.239 e. The first-order chi connectivity index (χ1) is 8.28. The van der Waals surface area contributed by atoms with Gasteiger partial charge in [-0.25, -0.2) is 0 Å². The van der Waals surface area contributed by atoms with Crippen LogP contribution in [0, 0.1) is 5.92 Å². The molecule has 0 unspecified atom stereocenters. The predicted molar refractivity (Wildman–Crippen MR) is 68.1 cm³/mol. The molecule has 17 heavy (non-hydrogen) atoms. The Morgan fingerprint density at radius 3 is 3.00 bits per heavy atom. The number of amides is 1.